The molecule has 28 heavy (non-hydrogen) atoms. The average Bonchev–Trinajstić information content (AvgIpc) is 3.03. The summed E-state index contributed by atoms with van der Waals surface area (Å²) in [4.78, 5) is 26.2. The lowest BCUT2D eigenvalue weighted by atomic mass is 9.96. The molecule has 154 valence electrons. The first kappa shape index (κ1) is 19.4. The monoisotopic (exact) mass is 388 g/mol. The molecule has 2 N–H and O–H groups in total. The number of rotatable bonds is 3. The number of hydrogen-bond donors (Lipinski definition) is 2. The van der Waals surface area contributed by atoms with Crippen LogP contribution in [0.15, 0.2) is 12.3 Å². The van der Waals surface area contributed by atoms with Gasteiger partial charge in [0.15, 0.2) is 0 Å². The van der Waals surface area contributed by atoms with E-state index >= 15 is 0 Å². The molecule has 0 spiro atoms. The second-order valence-corrected chi connectivity index (χ2v) is 7.98. The van der Waals surface area contributed by atoms with E-state index in [1.807, 2.05) is 17.2 Å². The van der Waals surface area contributed by atoms with E-state index in [9.17, 15) is 4.79 Å². The van der Waals surface area contributed by atoms with Gasteiger partial charge in [-0.15, -0.1) is 0 Å². The molecular formula is C20H32N6O2. The number of morpholine rings is 1. The van der Waals surface area contributed by atoms with Gasteiger partial charge in [0, 0.05) is 50.9 Å². The summed E-state index contributed by atoms with van der Waals surface area (Å²) >= 11 is 0. The molecule has 3 aliphatic rings. The van der Waals surface area contributed by atoms with E-state index in [0.717, 1.165) is 83.4 Å². The number of hydrogen-bond acceptors (Lipinski definition) is 6. The van der Waals surface area contributed by atoms with Gasteiger partial charge >= 0.3 is 6.03 Å². The molecule has 8 heteroatoms. The Kier molecular flexibility index (Phi) is 6.59. The lowest BCUT2D eigenvalue weighted by Crippen LogP contribution is -2.49. The highest BCUT2D eigenvalue weighted by atomic mass is 16.5. The number of urea groups is 1. The number of nitrogens with zero attached hydrogens (tertiary/aromatic N) is 4. The van der Waals surface area contributed by atoms with Crippen LogP contribution in [0, 0.1) is 0 Å². The molecule has 0 bridgehead atoms. The number of ether oxygens (including phenoxy) is 1. The Morgan fingerprint density at radius 1 is 1.14 bits per heavy atom. The van der Waals surface area contributed by atoms with Crippen molar-refractivity contribution in [1.82, 2.24) is 25.5 Å². The zero-order valence-electron chi connectivity index (χ0n) is 16.6. The summed E-state index contributed by atoms with van der Waals surface area (Å²) in [7, 11) is 0. The fourth-order valence-corrected chi connectivity index (χ4v) is 4.28. The van der Waals surface area contributed by atoms with Crippen LogP contribution in [0.2, 0.25) is 0 Å². The molecule has 0 aromatic carbocycles. The average molecular weight is 389 g/mol. The van der Waals surface area contributed by atoms with Gasteiger partial charge in [0.25, 0.3) is 0 Å². The van der Waals surface area contributed by atoms with Crippen molar-refractivity contribution in [2.45, 2.75) is 44.1 Å². The van der Waals surface area contributed by atoms with E-state index in [4.69, 9.17) is 9.72 Å². The summed E-state index contributed by atoms with van der Waals surface area (Å²) in [6.45, 7) is 6.73. The Morgan fingerprint density at radius 2 is 1.96 bits per heavy atom. The summed E-state index contributed by atoms with van der Waals surface area (Å²) in [6.07, 6.45) is 7.15. The van der Waals surface area contributed by atoms with Crippen LogP contribution in [0.5, 0.6) is 0 Å². The van der Waals surface area contributed by atoms with Crippen molar-refractivity contribution in [3.63, 3.8) is 0 Å². The highest BCUT2D eigenvalue weighted by Crippen LogP contribution is 2.27. The van der Waals surface area contributed by atoms with E-state index in [-0.39, 0.29) is 12.1 Å². The number of anilines is 1. The number of likely N-dealkylation sites (tertiary alicyclic amines) is 1. The van der Waals surface area contributed by atoms with Gasteiger partial charge in [0.2, 0.25) is 0 Å². The second-order valence-electron chi connectivity index (χ2n) is 7.98. The Hall–Kier alpha value is -1.93. The molecule has 3 saturated heterocycles. The first-order valence-corrected chi connectivity index (χ1v) is 10.7. The number of carbonyl (C=O) groups excluding carboxylic acids is 1. The minimum absolute atomic E-state index is 0.0788. The van der Waals surface area contributed by atoms with Gasteiger partial charge in [-0.2, -0.15) is 0 Å². The van der Waals surface area contributed by atoms with Crippen molar-refractivity contribution in [1.29, 1.82) is 0 Å². The summed E-state index contributed by atoms with van der Waals surface area (Å²) in [5, 5.41) is 6.61. The van der Waals surface area contributed by atoms with Gasteiger partial charge < -0.3 is 25.2 Å². The molecular weight excluding hydrogens is 356 g/mol. The fraction of sp³-hybridized carbons (Fsp3) is 0.750. The molecule has 1 unspecified atom stereocenters. The van der Waals surface area contributed by atoms with E-state index in [1.165, 1.54) is 12.8 Å². The number of nitrogens with one attached hydrogen (secondary N) is 2. The van der Waals surface area contributed by atoms with Gasteiger partial charge in [0.05, 0.1) is 13.2 Å². The van der Waals surface area contributed by atoms with E-state index in [1.54, 1.807) is 0 Å². The zero-order chi connectivity index (χ0) is 19.2. The normalized spacial score (nSPS) is 24.6. The third-order valence-corrected chi connectivity index (χ3v) is 6.02. The van der Waals surface area contributed by atoms with Gasteiger partial charge in [0.1, 0.15) is 11.6 Å². The third-order valence-electron chi connectivity index (χ3n) is 6.02. The summed E-state index contributed by atoms with van der Waals surface area (Å²) in [5.74, 6) is 2.23. The maximum atomic E-state index is 12.6. The van der Waals surface area contributed by atoms with Gasteiger partial charge in [-0.25, -0.2) is 14.8 Å². The summed E-state index contributed by atoms with van der Waals surface area (Å²) in [6, 6.07) is 2.31. The molecule has 0 aliphatic carbocycles. The molecule has 2 amide bonds. The quantitative estimate of drug-likeness (QED) is 0.813. The molecule has 1 aromatic rings. The number of aromatic nitrogens is 2. The molecule has 4 heterocycles. The predicted octanol–water partition coefficient (Wildman–Crippen LogP) is 1.34. The molecule has 1 atom stereocenters. The van der Waals surface area contributed by atoms with Gasteiger partial charge in [-0.3, -0.25) is 0 Å². The predicted molar refractivity (Wildman–Crippen MR) is 108 cm³/mol. The van der Waals surface area contributed by atoms with Crippen LogP contribution in [0.1, 0.15) is 43.8 Å². The smallest absolute Gasteiger partial charge is 0.317 e. The largest absolute Gasteiger partial charge is 0.378 e. The molecule has 3 aliphatic heterocycles. The molecule has 1 aromatic heterocycles. The highest BCUT2D eigenvalue weighted by molar-refractivity contribution is 5.74. The van der Waals surface area contributed by atoms with E-state index in [2.05, 4.69) is 20.5 Å². The standard InChI is InChI=1S/C20H32N6O2/c27-20(23-17-3-1-2-7-21-15-17)26-9-5-16(6-10-26)19-22-8-4-18(24-19)25-11-13-28-14-12-25/h4,8,16-17,21H,1-3,5-7,9-15H2,(H,23,27). The molecule has 0 radical (unpaired) electrons. The Morgan fingerprint density at radius 3 is 2.79 bits per heavy atom. The van der Waals surface area contributed by atoms with Crippen molar-refractivity contribution in [3.8, 4) is 0 Å². The maximum Gasteiger partial charge on any atom is 0.317 e. The van der Waals surface area contributed by atoms with E-state index < -0.39 is 0 Å². The first-order valence-electron chi connectivity index (χ1n) is 10.7. The lowest BCUT2D eigenvalue weighted by molar-refractivity contribution is 0.122. The fourth-order valence-electron chi connectivity index (χ4n) is 4.28. The number of amides is 2. The van der Waals surface area contributed by atoms with Crippen LogP contribution < -0.4 is 15.5 Å². The summed E-state index contributed by atoms with van der Waals surface area (Å²) < 4.78 is 5.43. The third kappa shape index (κ3) is 4.91. The van der Waals surface area contributed by atoms with Crippen LogP contribution >= 0.6 is 0 Å². The Balaban J connectivity index is 1.29. The lowest BCUT2D eigenvalue weighted by Gasteiger charge is -2.33. The van der Waals surface area contributed by atoms with Crippen LogP contribution in [-0.4, -0.2) is 79.4 Å². The van der Waals surface area contributed by atoms with Crippen LogP contribution in [-0.2, 0) is 4.74 Å². The molecule has 0 saturated carbocycles. The first-order chi connectivity index (χ1) is 13.8. The minimum Gasteiger partial charge on any atom is -0.378 e. The zero-order valence-corrected chi connectivity index (χ0v) is 16.6. The minimum atomic E-state index is 0.0788. The van der Waals surface area contributed by atoms with Crippen LogP contribution in [0.25, 0.3) is 0 Å². The van der Waals surface area contributed by atoms with E-state index in [0.29, 0.717) is 5.92 Å². The van der Waals surface area contributed by atoms with Gasteiger partial charge in [-0.1, -0.05) is 6.42 Å². The van der Waals surface area contributed by atoms with Crippen LogP contribution in [0.4, 0.5) is 10.6 Å². The van der Waals surface area contributed by atoms with Crippen molar-refractivity contribution in [2.24, 2.45) is 0 Å². The highest BCUT2D eigenvalue weighted by Gasteiger charge is 2.27. The Bertz CT molecular complexity index is 635. The topological polar surface area (TPSA) is 82.6 Å². The summed E-state index contributed by atoms with van der Waals surface area (Å²) in [5.41, 5.74) is 0. The molecule has 8 nitrogen and oxygen atoms in total. The van der Waals surface area contributed by atoms with Crippen LogP contribution in [0.3, 0.4) is 0 Å². The van der Waals surface area contributed by atoms with Crippen molar-refractivity contribution in [3.05, 3.63) is 18.1 Å². The maximum absolute atomic E-state index is 12.6. The number of carbonyl (C=O) groups is 1. The SMILES string of the molecule is O=C(NC1CCCCNC1)N1CCC(c2nccc(N3CCOCC3)n2)CC1. The van der Waals surface area contributed by atoms with Crippen molar-refractivity contribution in [2.75, 3.05) is 57.4 Å². The Labute approximate surface area is 167 Å². The number of piperidine rings is 1. The second kappa shape index (κ2) is 9.52. The van der Waals surface area contributed by atoms with Crippen molar-refractivity contribution < 1.29 is 9.53 Å². The molecule has 3 fully saturated rings. The molecule has 4 rings (SSSR count). The van der Waals surface area contributed by atoms with Gasteiger partial charge in [-0.05, 0) is 38.3 Å². The van der Waals surface area contributed by atoms with Crippen molar-refractivity contribution >= 4 is 11.8 Å².